The second kappa shape index (κ2) is 16.1. The number of hydrogen-bond donors (Lipinski definition) is 3. The number of amides is 4. The minimum atomic E-state index is -5.12. The molecule has 1 aromatic heterocycles. The van der Waals surface area contributed by atoms with Crippen LogP contribution in [-0.2, 0) is 24.4 Å². The summed E-state index contributed by atoms with van der Waals surface area (Å²) >= 11 is 0. The van der Waals surface area contributed by atoms with Crippen LogP contribution in [0.5, 0.6) is 11.8 Å². The third kappa shape index (κ3) is 8.40. The topological polar surface area (TPSA) is 185 Å². The Labute approximate surface area is 340 Å². The van der Waals surface area contributed by atoms with Crippen LogP contribution in [0.2, 0.25) is 0 Å². The number of carboxylic acid groups (broad SMARTS) is 1. The highest BCUT2D eigenvalue weighted by atomic mass is 32.2. The number of hydrogen-bond acceptors (Lipinski definition) is 9. The lowest BCUT2D eigenvalue weighted by atomic mass is 9.85. The van der Waals surface area contributed by atoms with Crippen molar-refractivity contribution in [1.82, 2.24) is 24.8 Å². The normalized spacial score (nSPS) is 28.7. The van der Waals surface area contributed by atoms with E-state index in [0.29, 0.717) is 37.5 Å². The maximum Gasteiger partial charge on any atom is 0.411 e. The Morgan fingerprint density at radius 1 is 1.14 bits per heavy atom. The quantitative estimate of drug-likeness (QED) is 0.204. The number of nitrogens with one attached hydrogen (secondary N) is 2. The van der Waals surface area contributed by atoms with Crippen LogP contribution in [0.1, 0.15) is 79.6 Å². The number of benzene rings is 1. The number of rotatable bonds is 10. The number of nitrogens with zero attached hydrogens (tertiary/aromatic N) is 3. The zero-order valence-corrected chi connectivity index (χ0v) is 34.4. The van der Waals surface area contributed by atoms with Crippen molar-refractivity contribution in [2.75, 3.05) is 19.8 Å². The number of ether oxygens (including phenoxy) is 2. The summed E-state index contributed by atoms with van der Waals surface area (Å²) in [5.74, 6) is -4.75. The Morgan fingerprint density at radius 3 is 2.46 bits per heavy atom. The molecule has 7 atom stereocenters. The van der Waals surface area contributed by atoms with Crippen molar-refractivity contribution in [3.8, 4) is 11.8 Å². The molecule has 0 unspecified atom stereocenters. The fourth-order valence-electron chi connectivity index (χ4n) is 8.35. The molecule has 2 saturated carbocycles. The lowest BCUT2D eigenvalue weighted by Gasteiger charge is -2.45. The van der Waals surface area contributed by atoms with Gasteiger partial charge in [0.05, 0.1) is 13.2 Å². The fraction of sp³-hybridized carbons (Fsp3) is 0.625. The largest absolute Gasteiger partial charge is 0.478 e. The smallest absolute Gasteiger partial charge is 0.411 e. The summed E-state index contributed by atoms with van der Waals surface area (Å²) in [5.41, 5.74) is -4.90. The molecule has 324 valence electrons. The van der Waals surface area contributed by atoms with Gasteiger partial charge < -0.3 is 24.8 Å². The molecule has 4 amide bonds. The van der Waals surface area contributed by atoms with E-state index in [4.69, 9.17) is 9.47 Å². The molecule has 3 fully saturated rings. The summed E-state index contributed by atoms with van der Waals surface area (Å²) in [7, 11) is -4.51. The monoisotopic (exact) mass is 853 g/mol. The first-order valence-corrected chi connectivity index (χ1v) is 21.3. The third-order valence-corrected chi connectivity index (χ3v) is 14.4. The van der Waals surface area contributed by atoms with Crippen molar-refractivity contribution in [2.45, 2.75) is 120 Å². The van der Waals surface area contributed by atoms with Gasteiger partial charge in [-0.25, -0.2) is 17.6 Å². The Morgan fingerprint density at radius 2 is 1.83 bits per heavy atom. The average molecular weight is 854 g/mol. The number of alkyl halides is 4. The molecule has 0 bridgehead atoms. The van der Waals surface area contributed by atoms with E-state index in [1.54, 1.807) is 49.4 Å². The van der Waals surface area contributed by atoms with Gasteiger partial charge in [0.25, 0.3) is 5.91 Å². The predicted molar refractivity (Wildman–Crippen MR) is 207 cm³/mol. The number of carbonyl (C=O) groups excluding carboxylic acids is 3. The highest BCUT2D eigenvalue weighted by molar-refractivity contribution is 7.91. The van der Waals surface area contributed by atoms with Crippen molar-refractivity contribution in [3.63, 3.8) is 0 Å². The summed E-state index contributed by atoms with van der Waals surface area (Å²) in [4.78, 5) is 62.1. The molecule has 2 aliphatic heterocycles. The van der Waals surface area contributed by atoms with Gasteiger partial charge in [-0.05, 0) is 82.6 Å². The van der Waals surface area contributed by atoms with Crippen LogP contribution in [0.4, 0.5) is 22.4 Å². The molecular formula is C40H51F4N5O9S. The first-order chi connectivity index (χ1) is 27.6. The molecule has 19 heteroatoms. The van der Waals surface area contributed by atoms with Crippen LogP contribution in [0.25, 0.3) is 10.8 Å². The highest BCUT2D eigenvalue weighted by Crippen LogP contribution is 2.48. The van der Waals surface area contributed by atoms with Crippen LogP contribution in [-0.4, -0.2) is 112 Å². The molecule has 0 radical (unpaired) electrons. The molecule has 4 aliphatic rings. The zero-order chi connectivity index (χ0) is 43.3. The molecule has 1 saturated heterocycles. The van der Waals surface area contributed by atoms with Gasteiger partial charge in [0.15, 0.2) is 0 Å². The van der Waals surface area contributed by atoms with E-state index in [1.807, 2.05) is 11.6 Å². The molecule has 2 aliphatic carbocycles. The Hall–Kier alpha value is -4.68. The van der Waals surface area contributed by atoms with E-state index in [0.717, 1.165) is 4.90 Å². The van der Waals surface area contributed by atoms with E-state index in [9.17, 15) is 45.5 Å². The van der Waals surface area contributed by atoms with Gasteiger partial charge in [0, 0.05) is 23.8 Å². The Kier molecular flexibility index (Phi) is 11.9. The van der Waals surface area contributed by atoms with Gasteiger partial charge >= 0.3 is 12.3 Å². The lowest BCUT2D eigenvalue weighted by molar-refractivity contribution is -0.222. The van der Waals surface area contributed by atoms with E-state index >= 15 is 4.79 Å². The van der Waals surface area contributed by atoms with Crippen LogP contribution in [0.3, 0.4) is 0 Å². The van der Waals surface area contributed by atoms with Crippen LogP contribution >= 0.6 is 0 Å². The highest BCUT2D eigenvalue weighted by Gasteiger charge is 2.64. The average Bonchev–Trinajstić information content (AvgIpc) is 4.06. The lowest BCUT2D eigenvalue weighted by Crippen LogP contribution is -2.66. The summed E-state index contributed by atoms with van der Waals surface area (Å²) in [6.45, 7) is 5.08. The molecule has 1 aromatic carbocycles. The maximum absolute atomic E-state index is 15.0. The number of carbonyl (C=O) groups is 4. The molecule has 0 spiro atoms. The molecule has 3 heterocycles. The second-order valence-electron chi connectivity index (χ2n) is 16.9. The summed E-state index contributed by atoms with van der Waals surface area (Å²) in [5, 5.41) is 14.4. The Bertz CT molecular complexity index is 2110. The van der Waals surface area contributed by atoms with Crippen LogP contribution < -0.4 is 19.5 Å². The first kappa shape index (κ1) is 43.9. The number of halogens is 4. The van der Waals surface area contributed by atoms with E-state index in [1.165, 1.54) is 6.92 Å². The summed E-state index contributed by atoms with van der Waals surface area (Å²) < 4.78 is 96.6. The minimum absolute atomic E-state index is 0.00321. The number of sulfonamides is 1. The van der Waals surface area contributed by atoms with Gasteiger partial charge in [-0.15, -0.1) is 0 Å². The van der Waals surface area contributed by atoms with Crippen molar-refractivity contribution in [1.29, 1.82) is 0 Å². The molecule has 3 N–H and O–H groups in total. The van der Waals surface area contributed by atoms with Crippen molar-refractivity contribution < 1.29 is 59.7 Å². The SMILES string of the molecule is CCOc1cc2ccccc2c(O[C@@H]2C[C@H]3C(=O)N[C@]4(C(=O)NS(=O)(=O)C5(CF)CC5)C[C@H]4C=CCC[C@H](C)C[C@@H](C)[C@H](N(C(=O)O)C(C)(C)C(F)(F)F)C(=O)N3C2)n1. The van der Waals surface area contributed by atoms with Crippen molar-refractivity contribution in [3.05, 3.63) is 42.5 Å². The molecule has 59 heavy (non-hydrogen) atoms. The second-order valence-corrected chi connectivity index (χ2v) is 19.0. The number of aromatic nitrogens is 1. The zero-order valence-electron chi connectivity index (χ0n) is 33.6. The number of allylic oxidation sites excluding steroid dienone is 1. The standard InChI is InChI=1S/C40H51F4N5O9S/c1-6-57-30-18-25-12-8-10-14-28(25)33(45-30)58-27-19-29-32(50)46-39(35(52)47-59(55,56)38(22-41)15-16-38)20-26(39)13-9-7-11-23(2)17-24(3)31(34(51)48(29)21-27)49(36(53)54)37(4,5)40(42,43)44/h8-10,12-14,18,23-24,26-27,29,31H,6-7,11,15-17,19-22H2,1-5H3,(H,46,50)(H,47,52)(H,53,54)/t23-,24+,26+,27+,29-,31-,39+/m0/s1. The Balaban J connectivity index is 1.43. The fourth-order valence-corrected chi connectivity index (χ4v) is 9.78. The van der Waals surface area contributed by atoms with Gasteiger partial charge in [0.1, 0.15) is 40.7 Å². The maximum atomic E-state index is 15.0. The summed E-state index contributed by atoms with van der Waals surface area (Å²) in [6, 6.07) is 5.27. The minimum Gasteiger partial charge on any atom is -0.478 e. The van der Waals surface area contributed by atoms with Gasteiger partial charge in [-0.2, -0.15) is 18.2 Å². The molecule has 2 aromatic rings. The van der Waals surface area contributed by atoms with Gasteiger partial charge in [-0.1, -0.05) is 44.2 Å². The number of pyridine rings is 1. The van der Waals surface area contributed by atoms with E-state index in [-0.39, 0.29) is 61.3 Å². The van der Waals surface area contributed by atoms with Crippen LogP contribution in [0, 0.1) is 17.8 Å². The van der Waals surface area contributed by atoms with Gasteiger partial charge in [-0.3, -0.25) is 24.0 Å². The molecular weight excluding hydrogens is 803 g/mol. The number of fused-ring (bicyclic) bond motifs is 3. The van der Waals surface area contributed by atoms with Crippen molar-refractivity contribution >= 4 is 44.6 Å². The third-order valence-electron chi connectivity index (χ3n) is 12.3. The molecule has 6 rings (SSSR count). The summed E-state index contributed by atoms with van der Waals surface area (Å²) in [6.07, 6.45) is -4.02. The predicted octanol–water partition coefficient (Wildman–Crippen LogP) is 5.51. The van der Waals surface area contributed by atoms with E-state index < -0.39 is 99.1 Å². The van der Waals surface area contributed by atoms with Crippen molar-refractivity contribution in [2.24, 2.45) is 17.8 Å². The van der Waals surface area contributed by atoms with Crippen LogP contribution in [0.15, 0.2) is 42.5 Å². The van der Waals surface area contributed by atoms with Gasteiger partial charge in [0.2, 0.25) is 33.6 Å². The van der Waals surface area contributed by atoms with E-state index in [2.05, 4.69) is 10.3 Å². The molecule has 14 nitrogen and oxygen atoms in total. The first-order valence-electron chi connectivity index (χ1n) is 19.8.